The van der Waals surface area contributed by atoms with Gasteiger partial charge in [0, 0.05) is 61.4 Å². The van der Waals surface area contributed by atoms with Crippen molar-refractivity contribution in [1.82, 2.24) is 15.1 Å². The van der Waals surface area contributed by atoms with Crippen molar-refractivity contribution < 1.29 is 4.79 Å². The first-order valence-electron chi connectivity index (χ1n) is 10.0. The highest BCUT2D eigenvalue weighted by Crippen LogP contribution is 2.26. The predicted octanol–water partition coefficient (Wildman–Crippen LogP) is 3.43. The van der Waals surface area contributed by atoms with E-state index < -0.39 is 0 Å². The standard InChI is InChI=1S/C21H31ClN4OS/c1-15-5-6-17(22)13-18(15)24-9-11-25(12-10-24)19(27)7-8-26-16(2)14-21(3,4)23-20(26)28/h5-6,13,16H,7-12,14H2,1-4H3,(H,23,28)/t16-/m0/s1. The Morgan fingerprint density at radius 1 is 1.29 bits per heavy atom. The zero-order chi connectivity index (χ0) is 20.5. The van der Waals surface area contributed by atoms with E-state index in [2.05, 4.69) is 42.8 Å². The van der Waals surface area contributed by atoms with Crippen molar-refractivity contribution in [3.8, 4) is 0 Å². The molecule has 2 aliphatic heterocycles. The molecule has 7 heteroatoms. The summed E-state index contributed by atoms with van der Waals surface area (Å²) in [6, 6.07) is 6.33. The highest BCUT2D eigenvalue weighted by atomic mass is 35.5. The van der Waals surface area contributed by atoms with Crippen LogP contribution in [0.3, 0.4) is 0 Å². The lowest BCUT2D eigenvalue weighted by molar-refractivity contribution is -0.131. The molecule has 0 radical (unpaired) electrons. The largest absolute Gasteiger partial charge is 0.368 e. The molecule has 0 saturated carbocycles. The van der Waals surface area contributed by atoms with Gasteiger partial charge >= 0.3 is 0 Å². The number of amides is 1. The van der Waals surface area contributed by atoms with E-state index in [9.17, 15) is 4.79 Å². The molecular weight excluding hydrogens is 392 g/mol. The van der Waals surface area contributed by atoms with Gasteiger partial charge in [0.05, 0.1) is 0 Å². The molecule has 2 saturated heterocycles. The van der Waals surface area contributed by atoms with Gasteiger partial charge in [-0.25, -0.2) is 0 Å². The van der Waals surface area contributed by atoms with E-state index in [1.807, 2.05) is 23.1 Å². The number of aryl methyl sites for hydroxylation is 1. The number of piperazine rings is 1. The number of benzene rings is 1. The van der Waals surface area contributed by atoms with Gasteiger partial charge in [-0.15, -0.1) is 0 Å². The molecule has 0 spiro atoms. The number of rotatable bonds is 4. The van der Waals surface area contributed by atoms with Crippen molar-refractivity contribution in [2.75, 3.05) is 37.6 Å². The summed E-state index contributed by atoms with van der Waals surface area (Å²) >= 11 is 11.7. The summed E-state index contributed by atoms with van der Waals surface area (Å²) < 4.78 is 0. The van der Waals surface area contributed by atoms with Crippen molar-refractivity contribution in [3.05, 3.63) is 28.8 Å². The maximum atomic E-state index is 12.7. The van der Waals surface area contributed by atoms with Crippen LogP contribution >= 0.6 is 23.8 Å². The second kappa shape index (κ2) is 8.46. The lowest BCUT2D eigenvalue weighted by Crippen LogP contribution is -2.60. The van der Waals surface area contributed by atoms with Crippen LogP contribution in [0, 0.1) is 6.92 Å². The Morgan fingerprint density at radius 2 is 1.96 bits per heavy atom. The molecule has 1 amide bonds. The van der Waals surface area contributed by atoms with Crippen molar-refractivity contribution in [2.24, 2.45) is 0 Å². The zero-order valence-corrected chi connectivity index (χ0v) is 18.9. The Hall–Kier alpha value is -1.53. The maximum Gasteiger partial charge on any atom is 0.224 e. The molecule has 1 atom stereocenters. The second-order valence-electron chi connectivity index (χ2n) is 8.61. The Balaban J connectivity index is 1.50. The molecule has 2 fully saturated rings. The molecular formula is C21H31ClN4OS. The Kier molecular flexibility index (Phi) is 6.40. The summed E-state index contributed by atoms with van der Waals surface area (Å²) in [4.78, 5) is 19.2. The third-order valence-electron chi connectivity index (χ3n) is 5.75. The van der Waals surface area contributed by atoms with Crippen LogP contribution in [0.5, 0.6) is 0 Å². The van der Waals surface area contributed by atoms with Gasteiger partial charge in [-0.1, -0.05) is 17.7 Å². The van der Waals surface area contributed by atoms with Crippen LogP contribution in [0.25, 0.3) is 0 Å². The van der Waals surface area contributed by atoms with Gasteiger partial charge in [-0.05, 0) is 64.0 Å². The van der Waals surface area contributed by atoms with Crippen LogP contribution in [0.4, 0.5) is 5.69 Å². The molecule has 154 valence electrons. The summed E-state index contributed by atoms with van der Waals surface area (Å²) in [5.41, 5.74) is 2.40. The molecule has 0 unspecified atom stereocenters. The molecule has 1 aromatic rings. The number of thiocarbonyl (C=S) groups is 1. The summed E-state index contributed by atoms with van der Waals surface area (Å²) in [7, 11) is 0. The molecule has 2 heterocycles. The van der Waals surface area contributed by atoms with Gasteiger partial charge in [0.15, 0.2) is 5.11 Å². The van der Waals surface area contributed by atoms with Gasteiger partial charge in [0.25, 0.3) is 0 Å². The Bertz CT molecular complexity index is 746. The zero-order valence-electron chi connectivity index (χ0n) is 17.3. The predicted molar refractivity (Wildman–Crippen MR) is 120 cm³/mol. The normalized spacial score (nSPS) is 22.2. The number of nitrogens with zero attached hydrogens (tertiary/aromatic N) is 3. The van der Waals surface area contributed by atoms with Crippen LogP contribution in [0.15, 0.2) is 18.2 Å². The van der Waals surface area contributed by atoms with Crippen LogP contribution < -0.4 is 10.2 Å². The van der Waals surface area contributed by atoms with Crippen LogP contribution in [0.2, 0.25) is 5.02 Å². The minimum Gasteiger partial charge on any atom is -0.368 e. The average Bonchev–Trinajstić information content (AvgIpc) is 2.62. The molecule has 3 rings (SSSR count). The molecule has 28 heavy (non-hydrogen) atoms. The average molecular weight is 423 g/mol. The van der Waals surface area contributed by atoms with E-state index in [4.69, 9.17) is 23.8 Å². The summed E-state index contributed by atoms with van der Waals surface area (Å²) in [6.45, 7) is 12.5. The number of carbonyl (C=O) groups excluding carboxylic acids is 1. The molecule has 0 aliphatic carbocycles. The number of halogens is 1. The van der Waals surface area contributed by atoms with E-state index in [-0.39, 0.29) is 11.4 Å². The first-order chi connectivity index (χ1) is 13.2. The number of hydrogen-bond acceptors (Lipinski definition) is 3. The van der Waals surface area contributed by atoms with Gasteiger partial charge in [-0.3, -0.25) is 4.79 Å². The van der Waals surface area contributed by atoms with E-state index in [0.717, 1.165) is 42.7 Å². The number of anilines is 1. The first-order valence-corrected chi connectivity index (χ1v) is 10.8. The Morgan fingerprint density at radius 3 is 2.61 bits per heavy atom. The molecule has 1 N–H and O–H groups in total. The maximum absolute atomic E-state index is 12.7. The fourth-order valence-electron chi connectivity index (χ4n) is 4.28. The van der Waals surface area contributed by atoms with Crippen molar-refractivity contribution in [3.63, 3.8) is 0 Å². The summed E-state index contributed by atoms with van der Waals surface area (Å²) in [6.07, 6.45) is 1.52. The first kappa shape index (κ1) is 21.2. The lowest BCUT2D eigenvalue weighted by atomic mass is 9.93. The molecule has 0 aromatic heterocycles. The van der Waals surface area contributed by atoms with Crippen LogP contribution in [-0.2, 0) is 4.79 Å². The fourth-order valence-corrected chi connectivity index (χ4v) is 4.99. The highest BCUT2D eigenvalue weighted by molar-refractivity contribution is 7.80. The van der Waals surface area contributed by atoms with E-state index in [0.29, 0.717) is 19.0 Å². The van der Waals surface area contributed by atoms with Crippen LogP contribution in [-0.4, -0.2) is 65.1 Å². The van der Waals surface area contributed by atoms with E-state index >= 15 is 0 Å². The topological polar surface area (TPSA) is 38.8 Å². The monoisotopic (exact) mass is 422 g/mol. The van der Waals surface area contributed by atoms with Gasteiger partial charge < -0.3 is 20.0 Å². The molecule has 0 bridgehead atoms. The quantitative estimate of drug-likeness (QED) is 0.752. The second-order valence-corrected chi connectivity index (χ2v) is 9.43. The minimum absolute atomic E-state index is 0.0196. The van der Waals surface area contributed by atoms with Crippen molar-refractivity contribution >= 4 is 40.5 Å². The van der Waals surface area contributed by atoms with E-state index in [1.54, 1.807) is 0 Å². The molecule has 1 aromatic carbocycles. The molecule has 2 aliphatic rings. The summed E-state index contributed by atoms with van der Waals surface area (Å²) in [5.74, 6) is 0.210. The highest BCUT2D eigenvalue weighted by Gasteiger charge is 2.33. The number of carbonyl (C=O) groups is 1. The van der Waals surface area contributed by atoms with E-state index in [1.165, 1.54) is 11.3 Å². The molecule has 5 nitrogen and oxygen atoms in total. The van der Waals surface area contributed by atoms with Crippen LogP contribution in [0.1, 0.15) is 39.2 Å². The smallest absolute Gasteiger partial charge is 0.224 e. The number of nitrogens with one attached hydrogen (secondary N) is 1. The number of hydrogen-bond donors (Lipinski definition) is 1. The van der Waals surface area contributed by atoms with Crippen molar-refractivity contribution in [1.29, 1.82) is 0 Å². The summed E-state index contributed by atoms with van der Waals surface area (Å²) in [5, 5.41) is 4.90. The minimum atomic E-state index is 0.0196. The fraction of sp³-hybridized carbons (Fsp3) is 0.619. The third-order valence-corrected chi connectivity index (χ3v) is 6.33. The van der Waals surface area contributed by atoms with Crippen molar-refractivity contribution in [2.45, 2.75) is 52.1 Å². The SMILES string of the molecule is Cc1ccc(Cl)cc1N1CCN(C(=O)CCN2C(=S)NC(C)(C)C[C@@H]2C)CC1. The third kappa shape index (κ3) is 4.90. The van der Waals surface area contributed by atoms with Gasteiger partial charge in [0.2, 0.25) is 5.91 Å². The van der Waals surface area contributed by atoms with Gasteiger partial charge in [-0.2, -0.15) is 0 Å². The Labute approximate surface area is 179 Å². The lowest BCUT2D eigenvalue weighted by Gasteiger charge is -2.45. The van der Waals surface area contributed by atoms with Gasteiger partial charge in [0.1, 0.15) is 0 Å².